The Morgan fingerprint density at radius 3 is 2.35 bits per heavy atom. The Morgan fingerprint density at radius 2 is 1.70 bits per heavy atom. The van der Waals surface area contributed by atoms with Crippen molar-refractivity contribution in [3.05, 3.63) is 84.4 Å². The van der Waals surface area contributed by atoms with Crippen molar-refractivity contribution in [1.82, 2.24) is 10.2 Å². The summed E-state index contributed by atoms with van der Waals surface area (Å²) in [6.07, 6.45) is 2.60. The summed E-state index contributed by atoms with van der Waals surface area (Å²) < 4.78 is 5.35. The lowest BCUT2D eigenvalue weighted by molar-refractivity contribution is -0.142. The van der Waals surface area contributed by atoms with E-state index in [2.05, 4.69) is 17.2 Å². The number of rotatable bonds is 13. The van der Waals surface area contributed by atoms with Gasteiger partial charge in [0.15, 0.2) is 0 Å². The van der Waals surface area contributed by atoms with Crippen LogP contribution in [0.2, 0.25) is 0 Å². The second-order valence-corrected chi connectivity index (χ2v) is 11.4. The lowest BCUT2D eigenvalue weighted by Gasteiger charge is -2.34. The van der Waals surface area contributed by atoms with Crippen molar-refractivity contribution in [1.29, 1.82) is 0 Å². The average molecular weight is 587 g/mol. The highest BCUT2D eigenvalue weighted by Crippen LogP contribution is 2.28. The number of anilines is 1. The zero-order valence-corrected chi connectivity index (χ0v) is 25.4. The minimum atomic E-state index is -1.34. The van der Waals surface area contributed by atoms with Crippen LogP contribution in [0.25, 0.3) is 16.8 Å². The molecule has 0 radical (unpaired) electrons. The third-order valence-corrected chi connectivity index (χ3v) is 6.72. The predicted molar refractivity (Wildman–Crippen MR) is 170 cm³/mol. The minimum absolute atomic E-state index is 0.200. The molecule has 0 aromatic heterocycles. The number of unbranched alkanes of at least 4 members (excludes halogenated alkanes) is 2. The van der Waals surface area contributed by atoms with Crippen LogP contribution >= 0.6 is 0 Å². The molecule has 0 bridgehead atoms. The van der Waals surface area contributed by atoms with Crippen LogP contribution in [0.1, 0.15) is 70.5 Å². The number of benzene rings is 3. The van der Waals surface area contributed by atoms with Gasteiger partial charge in [-0.2, -0.15) is 0 Å². The molecule has 9 heteroatoms. The first-order valence-electron chi connectivity index (χ1n) is 14.5. The summed E-state index contributed by atoms with van der Waals surface area (Å²) in [5.41, 5.74) is 6.54. The van der Waals surface area contributed by atoms with Crippen molar-refractivity contribution in [2.45, 2.75) is 71.1 Å². The topological polar surface area (TPSA) is 131 Å². The zero-order chi connectivity index (χ0) is 31.6. The molecule has 0 saturated carbocycles. The van der Waals surface area contributed by atoms with Gasteiger partial charge in [-0.25, -0.2) is 4.79 Å². The molecule has 0 fully saturated rings. The normalized spacial score (nSPS) is 12.6. The van der Waals surface area contributed by atoms with Gasteiger partial charge in [-0.3, -0.25) is 14.4 Å². The van der Waals surface area contributed by atoms with Crippen molar-refractivity contribution in [3.63, 3.8) is 0 Å². The number of nitrogens with two attached hydrogens (primary N) is 1. The van der Waals surface area contributed by atoms with Gasteiger partial charge < -0.3 is 26.0 Å². The number of fused-ring (bicyclic) bond motifs is 1. The Morgan fingerprint density at radius 1 is 0.977 bits per heavy atom. The van der Waals surface area contributed by atoms with E-state index in [1.165, 1.54) is 4.90 Å². The van der Waals surface area contributed by atoms with Gasteiger partial charge in [0.25, 0.3) is 5.91 Å². The second-order valence-electron chi connectivity index (χ2n) is 11.4. The molecule has 0 aliphatic rings. The Kier molecular flexibility index (Phi) is 11.5. The summed E-state index contributed by atoms with van der Waals surface area (Å²) in [6, 6.07) is 18.1. The Balaban J connectivity index is 2.06. The van der Waals surface area contributed by atoms with Gasteiger partial charge in [0, 0.05) is 12.2 Å². The van der Waals surface area contributed by atoms with E-state index in [9.17, 15) is 19.2 Å². The van der Waals surface area contributed by atoms with Crippen LogP contribution in [0.15, 0.2) is 73.3 Å². The van der Waals surface area contributed by atoms with Gasteiger partial charge in [-0.15, -0.1) is 0 Å². The SMILES string of the molecule is C=Cc1cccc(C(C(=O)Nc2ccc3ccccc3c2)N(CCCCC)C(=O)C(CC(N)=O)NC(=O)OC(C)(C)C)c1. The molecule has 2 atom stereocenters. The first-order valence-corrected chi connectivity index (χ1v) is 14.5. The highest BCUT2D eigenvalue weighted by atomic mass is 16.6. The fourth-order valence-electron chi connectivity index (χ4n) is 4.76. The van der Waals surface area contributed by atoms with Gasteiger partial charge in [-0.05, 0) is 67.3 Å². The number of carbonyl (C=O) groups is 4. The minimum Gasteiger partial charge on any atom is -0.444 e. The molecule has 4 N–H and O–H groups in total. The molecule has 0 spiro atoms. The molecule has 0 saturated heterocycles. The molecular weight excluding hydrogens is 544 g/mol. The lowest BCUT2D eigenvalue weighted by Crippen LogP contribution is -2.53. The lowest BCUT2D eigenvalue weighted by atomic mass is 9.99. The smallest absolute Gasteiger partial charge is 0.408 e. The van der Waals surface area contributed by atoms with E-state index in [0.717, 1.165) is 29.2 Å². The van der Waals surface area contributed by atoms with Crippen LogP contribution in [-0.4, -0.2) is 46.9 Å². The summed E-state index contributed by atoms with van der Waals surface area (Å²) >= 11 is 0. The number of carbonyl (C=O) groups excluding carboxylic acids is 4. The molecule has 9 nitrogen and oxygen atoms in total. The number of alkyl carbamates (subject to hydrolysis) is 1. The van der Waals surface area contributed by atoms with Crippen LogP contribution in [-0.2, 0) is 19.1 Å². The standard InChI is InChI=1S/C34H42N4O5/c1-6-8-11-19-38(32(41)28(22-29(35)39)37-33(42)43-34(3,4)5)30(26-16-12-13-23(7-2)20-26)31(40)36-27-18-17-24-14-9-10-15-25(24)21-27/h7,9-10,12-18,20-21,28,30H,2,6,8,11,19,22H2,1,3-5H3,(H2,35,39)(H,36,40)(H,37,42). The van der Waals surface area contributed by atoms with Crippen LogP contribution in [0.4, 0.5) is 10.5 Å². The molecular formula is C34H42N4O5. The summed E-state index contributed by atoms with van der Waals surface area (Å²) in [7, 11) is 0. The van der Waals surface area contributed by atoms with E-state index < -0.39 is 47.9 Å². The van der Waals surface area contributed by atoms with Crippen molar-refractivity contribution in [2.24, 2.45) is 5.73 Å². The number of nitrogens with one attached hydrogen (secondary N) is 2. The third kappa shape index (κ3) is 9.70. The van der Waals surface area contributed by atoms with E-state index in [4.69, 9.17) is 10.5 Å². The number of amides is 4. The Labute approximate surface area is 253 Å². The fraction of sp³-hybridized carbons (Fsp3) is 0.353. The molecule has 228 valence electrons. The number of nitrogens with zero attached hydrogens (tertiary/aromatic N) is 1. The van der Waals surface area contributed by atoms with Gasteiger partial charge >= 0.3 is 6.09 Å². The molecule has 0 aliphatic carbocycles. The first-order chi connectivity index (χ1) is 20.4. The molecule has 43 heavy (non-hydrogen) atoms. The summed E-state index contributed by atoms with van der Waals surface area (Å²) in [4.78, 5) is 54.5. The summed E-state index contributed by atoms with van der Waals surface area (Å²) in [5, 5.41) is 7.47. The number of hydrogen-bond acceptors (Lipinski definition) is 5. The maximum Gasteiger partial charge on any atom is 0.408 e. The number of hydrogen-bond donors (Lipinski definition) is 3. The molecule has 2 unspecified atom stereocenters. The van der Waals surface area contributed by atoms with Gasteiger partial charge in [0.05, 0.1) is 6.42 Å². The predicted octanol–water partition coefficient (Wildman–Crippen LogP) is 5.95. The maximum absolute atomic E-state index is 14.2. The average Bonchev–Trinajstić information content (AvgIpc) is 2.94. The number of primary amides is 1. The number of ether oxygens (including phenoxy) is 1. The fourth-order valence-corrected chi connectivity index (χ4v) is 4.76. The quantitative estimate of drug-likeness (QED) is 0.213. The van der Waals surface area contributed by atoms with Crippen molar-refractivity contribution < 1.29 is 23.9 Å². The molecule has 4 amide bonds. The maximum atomic E-state index is 14.2. The van der Waals surface area contributed by atoms with Crippen LogP contribution in [0.5, 0.6) is 0 Å². The third-order valence-electron chi connectivity index (χ3n) is 6.72. The largest absolute Gasteiger partial charge is 0.444 e. The van der Waals surface area contributed by atoms with Crippen molar-refractivity contribution >= 4 is 46.4 Å². The summed E-state index contributed by atoms with van der Waals surface area (Å²) in [6.45, 7) is 11.1. The van der Waals surface area contributed by atoms with E-state index in [1.807, 2.05) is 49.4 Å². The zero-order valence-electron chi connectivity index (χ0n) is 25.4. The van der Waals surface area contributed by atoms with E-state index in [-0.39, 0.29) is 6.54 Å². The van der Waals surface area contributed by atoms with Gasteiger partial charge in [0.2, 0.25) is 11.8 Å². The van der Waals surface area contributed by atoms with Gasteiger partial charge in [-0.1, -0.05) is 81.0 Å². The Bertz CT molecular complexity index is 1460. The molecule has 3 rings (SSSR count). The monoisotopic (exact) mass is 586 g/mol. The highest BCUT2D eigenvalue weighted by Gasteiger charge is 2.37. The first kappa shape index (κ1) is 32.8. The van der Waals surface area contributed by atoms with Crippen molar-refractivity contribution in [2.75, 3.05) is 11.9 Å². The van der Waals surface area contributed by atoms with Gasteiger partial charge in [0.1, 0.15) is 17.7 Å². The van der Waals surface area contributed by atoms with Crippen LogP contribution in [0, 0.1) is 0 Å². The van der Waals surface area contributed by atoms with Crippen LogP contribution < -0.4 is 16.4 Å². The van der Waals surface area contributed by atoms with E-state index in [0.29, 0.717) is 17.7 Å². The molecule has 3 aromatic carbocycles. The van der Waals surface area contributed by atoms with Crippen LogP contribution in [0.3, 0.4) is 0 Å². The molecule has 0 heterocycles. The van der Waals surface area contributed by atoms with E-state index >= 15 is 0 Å². The van der Waals surface area contributed by atoms with E-state index in [1.54, 1.807) is 51.1 Å². The molecule has 0 aliphatic heterocycles. The summed E-state index contributed by atoms with van der Waals surface area (Å²) in [5.74, 6) is -1.85. The van der Waals surface area contributed by atoms with Crippen molar-refractivity contribution in [3.8, 4) is 0 Å². The second kappa shape index (κ2) is 15.0. The molecule has 3 aromatic rings. The highest BCUT2D eigenvalue weighted by molar-refractivity contribution is 6.01. The Hall–Kier alpha value is -4.66.